The van der Waals surface area contributed by atoms with Gasteiger partial charge in [-0.15, -0.1) is 0 Å². The van der Waals surface area contributed by atoms with Crippen LogP contribution in [-0.2, 0) is 0 Å². The van der Waals surface area contributed by atoms with Gasteiger partial charge in [0.2, 0.25) is 11.8 Å². The molecular weight excluding hydrogens is 444 g/mol. The molecule has 0 bridgehead atoms. The van der Waals surface area contributed by atoms with Crippen molar-refractivity contribution in [2.45, 2.75) is 0 Å². The Morgan fingerprint density at radius 2 is 0.806 bits per heavy atom. The number of rotatable bonds is 6. The highest BCUT2D eigenvalue weighted by Crippen LogP contribution is 2.28. The largest absolute Gasteiger partial charge is 0.436 e. The number of nitrogens with zero attached hydrogens (tertiary/aromatic N) is 2. The minimum absolute atomic E-state index is 0.613. The fraction of sp³-hybridized carbons (Fsp3) is 0. The van der Waals surface area contributed by atoms with Crippen molar-refractivity contribution >= 4 is 12.2 Å². The Kier molecular flexibility index (Phi) is 5.83. The SMILES string of the molecule is C(=Cc1ccc(-c2ncc(-c3ccccc3)o2)cc1)c1ccc(-c2ncc(-c3ccccc3)o2)cc1. The first-order valence-corrected chi connectivity index (χ1v) is 11.7. The van der Waals surface area contributed by atoms with E-state index in [1.807, 2.05) is 84.9 Å². The lowest BCUT2D eigenvalue weighted by atomic mass is 10.1. The Labute approximate surface area is 209 Å². The summed E-state index contributed by atoms with van der Waals surface area (Å²) >= 11 is 0. The summed E-state index contributed by atoms with van der Waals surface area (Å²) in [5, 5.41) is 0. The van der Waals surface area contributed by atoms with Crippen LogP contribution in [0.25, 0.3) is 57.7 Å². The minimum atomic E-state index is 0.613. The predicted octanol–water partition coefficient (Wildman–Crippen LogP) is 8.50. The second-order valence-corrected chi connectivity index (χ2v) is 8.37. The zero-order valence-electron chi connectivity index (χ0n) is 19.4. The van der Waals surface area contributed by atoms with Crippen molar-refractivity contribution in [1.82, 2.24) is 9.97 Å². The minimum Gasteiger partial charge on any atom is -0.436 e. The maximum atomic E-state index is 5.96. The van der Waals surface area contributed by atoms with Crippen molar-refractivity contribution in [3.05, 3.63) is 133 Å². The van der Waals surface area contributed by atoms with Crippen LogP contribution in [0.2, 0.25) is 0 Å². The van der Waals surface area contributed by atoms with Gasteiger partial charge in [-0.05, 0) is 35.4 Å². The molecule has 0 radical (unpaired) electrons. The van der Waals surface area contributed by atoms with Crippen LogP contribution in [0.4, 0.5) is 0 Å². The zero-order valence-corrected chi connectivity index (χ0v) is 19.4. The van der Waals surface area contributed by atoms with E-state index in [1.54, 1.807) is 12.4 Å². The highest BCUT2D eigenvalue weighted by molar-refractivity contribution is 5.72. The van der Waals surface area contributed by atoms with Crippen molar-refractivity contribution in [3.8, 4) is 45.6 Å². The lowest BCUT2D eigenvalue weighted by Crippen LogP contribution is -1.79. The van der Waals surface area contributed by atoms with E-state index in [0.29, 0.717) is 11.8 Å². The summed E-state index contributed by atoms with van der Waals surface area (Å²) in [5.74, 6) is 2.75. The molecule has 4 heteroatoms. The molecule has 0 unspecified atom stereocenters. The molecule has 4 nitrogen and oxygen atoms in total. The van der Waals surface area contributed by atoms with Gasteiger partial charge in [0, 0.05) is 22.3 Å². The molecule has 2 heterocycles. The highest BCUT2D eigenvalue weighted by Gasteiger charge is 2.09. The molecule has 0 aliphatic carbocycles. The van der Waals surface area contributed by atoms with Crippen molar-refractivity contribution in [1.29, 1.82) is 0 Å². The van der Waals surface area contributed by atoms with Crippen LogP contribution < -0.4 is 0 Å². The van der Waals surface area contributed by atoms with Crippen LogP contribution in [0.1, 0.15) is 11.1 Å². The van der Waals surface area contributed by atoms with E-state index < -0.39 is 0 Å². The maximum absolute atomic E-state index is 5.96. The van der Waals surface area contributed by atoms with Crippen LogP contribution in [0.15, 0.2) is 130 Å². The second-order valence-electron chi connectivity index (χ2n) is 8.37. The summed E-state index contributed by atoms with van der Waals surface area (Å²) in [7, 11) is 0. The van der Waals surface area contributed by atoms with Gasteiger partial charge in [0.15, 0.2) is 11.5 Å². The zero-order chi connectivity index (χ0) is 24.2. The van der Waals surface area contributed by atoms with Gasteiger partial charge in [0.05, 0.1) is 12.4 Å². The van der Waals surface area contributed by atoms with Crippen LogP contribution >= 0.6 is 0 Å². The van der Waals surface area contributed by atoms with E-state index in [4.69, 9.17) is 8.83 Å². The number of hydrogen-bond acceptors (Lipinski definition) is 4. The van der Waals surface area contributed by atoms with Crippen LogP contribution in [0.5, 0.6) is 0 Å². The lowest BCUT2D eigenvalue weighted by molar-refractivity contribution is 0.588. The van der Waals surface area contributed by atoms with E-state index in [1.165, 1.54) is 0 Å². The molecule has 172 valence electrons. The monoisotopic (exact) mass is 466 g/mol. The molecule has 0 aliphatic rings. The Hall–Kier alpha value is -4.96. The molecule has 0 spiro atoms. The normalized spacial score (nSPS) is 11.2. The Bertz CT molecular complexity index is 1470. The molecule has 0 aliphatic heterocycles. The van der Waals surface area contributed by atoms with Crippen molar-refractivity contribution in [3.63, 3.8) is 0 Å². The third-order valence-corrected chi connectivity index (χ3v) is 5.91. The molecule has 36 heavy (non-hydrogen) atoms. The van der Waals surface area contributed by atoms with E-state index in [2.05, 4.69) is 46.4 Å². The van der Waals surface area contributed by atoms with Crippen LogP contribution in [0, 0.1) is 0 Å². The summed E-state index contributed by atoms with van der Waals surface area (Å²) in [5.41, 5.74) is 6.11. The lowest BCUT2D eigenvalue weighted by Gasteiger charge is -2.00. The third kappa shape index (κ3) is 4.65. The van der Waals surface area contributed by atoms with Gasteiger partial charge in [-0.2, -0.15) is 0 Å². The number of aromatic nitrogens is 2. The molecule has 4 aromatic carbocycles. The van der Waals surface area contributed by atoms with E-state index in [0.717, 1.165) is 44.9 Å². The van der Waals surface area contributed by atoms with Crippen molar-refractivity contribution < 1.29 is 8.83 Å². The molecule has 2 aromatic heterocycles. The second kappa shape index (κ2) is 9.72. The smallest absolute Gasteiger partial charge is 0.226 e. The Balaban J connectivity index is 1.13. The predicted molar refractivity (Wildman–Crippen MR) is 144 cm³/mol. The number of hydrogen-bond donors (Lipinski definition) is 0. The molecule has 0 atom stereocenters. The molecule has 0 saturated carbocycles. The number of oxazole rings is 2. The molecule has 0 amide bonds. The van der Waals surface area contributed by atoms with Crippen molar-refractivity contribution in [2.75, 3.05) is 0 Å². The topological polar surface area (TPSA) is 52.1 Å². The summed E-state index contributed by atoms with van der Waals surface area (Å²) in [4.78, 5) is 8.88. The fourth-order valence-corrected chi connectivity index (χ4v) is 3.95. The Morgan fingerprint density at radius 3 is 1.19 bits per heavy atom. The van der Waals surface area contributed by atoms with Gasteiger partial charge < -0.3 is 8.83 Å². The summed E-state index contributed by atoms with van der Waals surface area (Å²) in [6.07, 6.45) is 7.70. The van der Waals surface area contributed by atoms with Gasteiger partial charge in [0.1, 0.15) is 0 Å². The van der Waals surface area contributed by atoms with Crippen LogP contribution in [0.3, 0.4) is 0 Å². The van der Waals surface area contributed by atoms with Gasteiger partial charge in [-0.1, -0.05) is 97.1 Å². The standard InChI is InChI=1S/C32H22N2O2/c1-3-7-25(8-4-1)29-21-33-31(35-29)27-17-13-23(14-18-27)11-12-24-15-19-28(20-16-24)32-34-22-30(36-32)26-9-5-2-6-10-26/h1-22H. The molecular formula is C32H22N2O2. The fourth-order valence-electron chi connectivity index (χ4n) is 3.95. The Morgan fingerprint density at radius 1 is 0.417 bits per heavy atom. The van der Waals surface area contributed by atoms with Crippen LogP contribution in [-0.4, -0.2) is 9.97 Å². The average Bonchev–Trinajstić information content (AvgIpc) is 3.65. The molecule has 0 fully saturated rings. The van der Waals surface area contributed by atoms with E-state index in [-0.39, 0.29) is 0 Å². The molecule has 6 aromatic rings. The van der Waals surface area contributed by atoms with Gasteiger partial charge in [-0.25, -0.2) is 9.97 Å². The van der Waals surface area contributed by atoms with Crippen molar-refractivity contribution in [2.24, 2.45) is 0 Å². The quantitative estimate of drug-likeness (QED) is 0.231. The third-order valence-electron chi connectivity index (χ3n) is 5.91. The van der Waals surface area contributed by atoms with Gasteiger partial charge >= 0.3 is 0 Å². The average molecular weight is 467 g/mol. The van der Waals surface area contributed by atoms with E-state index in [9.17, 15) is 0 Å². The molecule has 0 saturated heterocycles. The first kappa shape index (κ1) is 21.6. The van der Waals surface area contributed by atoms with Gasteiger partial charge in [-0.3, -0.25) is 0 Å². The summed E-state index contributed by atoms with van der Waals surface area (Å²) in [6.45, 7) is 0. The van der Waals surface area contributed by atoms with Gasteiger partial charge in [0.25, 0.3) is 0 Å². The highest BCUT2D eigenvalue weighted by atomic mass is 16.4. The summed E-state index contributed by atoms with van der Waals surface area (Å²) in [6, 6.07) is 36.3. The first-order chi connectivity index (χ1) is 17.8. The molecule has 0 N–H and O–H groups in total. The first-order valence-electron chi connectivity index (χ1n) is 11.7. The number of benzene rings is 4. The summed E-state index contributed by atoms with van der Waals surface area (Å²) < 4.78 is 11.9. The molecule has 6 rings (SSSR count). The van der Waals surface area contributed by atoms with E-state index >= 15 is 0 Å². The maximum Gasteiger partial charge on any atom is 0.226 e.